The van der Waals surface area contributed by atoms with Crippen molar-refractivity contribution in [3.8, 4) is 0 Å². The Morgan fingerprint density at radius 3 is 2.60 bits per heavy atom. The number of amides is 2. The van der Waals surface area contributed by atoms with Crippen LogP contribution in [-0.2, 0) is 0 Å². The Kier molecular flexibility index (Phi) is 3.24. The standard InChI is InChI=1S/C16H20N2O2/c1-2-10-5-3-4-6-14(10)18-15(19)12-8-7-11(17)9-13(12)16(18)20/h7-10,14H,2-6,17H2,1H3. The number of nitrogen functional groups attached to an aromatic ring is 1. The van der Waals surface area contributed by atoms with Crippen LogP contribution in [0.15, 0.2) is 18.2 Å². The predicted octanol–water partition coefficient (Wildman–Crippen LogP) is 2.83. The van der Waals surface area contributed by atoms with Gasteiger partial charge in [-0.05, 0) is 37.0 Å². The number of benzene rings is 1. The first-order valence-corrected chi connectivity index (χ1v) is 7.41. The molecule has 3 rings (SSSR count). The molecular formula is C16H20N2O2. The van der Waals surface area contributed by atoms with Gasteiger partial charge in [0.15, 0.2) is 0 Å². The molecule has 1 aliphatic heterocycles. The van der Waals surface area contributed by atoms with Gasteiger partial charge in [0.25, 0.3) is 11.8 Å². The van der Waals surface area contributed by atoms with Gasteiger partial charge in [-0.25, -0.2) is 0 Å². The topological polar surface area (TPSA) is 63.4 Å². The Morgan fingerprint density at radius 2 is 1.85 bits per heavy atom. The number of imide groups is 1. The van der Waals surface area contributed by atoms with Gasteiger partial charge in [-0.15, -0.1) is 0 Å². The molecule has 0 saturated heterocycles. The van der Waals surface area contributed by atoms with Crippen molar-refractivity contribution in [1.82, 2.24) is 4.90 Å². The average Bonchev–Trinajstić information content (AvgIpc) is 2.70. The SMILES string of the molecule is CCC1CCCCC1N1C(=O)c2ccc(N)cc2C1=O. The van der Waals surface area contributed by atoms with E-state index >= 15 is 0 Å². The van der Waals surface area contributed by atoms with Crippen molar-refractivity contribution in [3.63, 3.8) is 0 Å². The Balaban J connectivity index is 1.96. The van der Waals surface area contributed by atoms with Crippen LogP contribution in [0, 0.1) is 5.92 Å². The van der Waals surface area contributed by atoms with Gasteiger partial charge in [0.2, 0.25) is 0 Å². The highest BCUT2D eigenvalue weighted by atomic mass is 16.2. The molecule has 4 nitrogen and oxygen atoms in total. The van der Waals surface area contributed by atoms with Gasteiger partial charge < -0.3 is 5.73 Å². The largest absolute Gasteiger partial charge is 0.399 e. The first-order chi connectivity index (χ1) is 9.63. The molecule has 1 saturated carbocycles. The highest BCUT2D eigenvalue weighted by molar-refractivity contribution is 6.21. The third kappa shape index (κ3) is 1.90. The number of hydrogen-bond donors (Lipinski definition) is 1. The monoisotopic (exact) mass is 272 g/mol. The van der Waals surface area contributed by atoms with Crippen molar-refractivity contribution >= 4 is 17.5 Å². The van der Waals surface area contributed by atoms with Crippen LogP contribution in [-0.4, -0.2) is 22.8 Å². The van der Waals surface area contributed by atoms with Gasteiger partial charge in [-0.2, -0.15) is 0 Å². The maximum atomic E-state index is 12.6. The summed E-state index contributed by atoms with van der Waals surface area (Å²) in [5.41, 5.74) is 7.24. The van der Waals surface area contributed by atoms with Crippen LogP contribution in [0.3, 0.4) is 0 Å². The summed E-state index contributed by atoms with van der Waals surface area (Å²) < 4.78 is 0. The fraction of sp³-hybridized carbons (Fsp3) is 0.500. The molecule has 1 aromatic carbocycles. The highest BCUT2D eigenvalue weighted by Gasteiger charge is 2.42. The van der Waals surface area contributed by atoms with E-state index in [1.54, 1.807) is 18.2 Å². The van der Waals surface area contributed by atoms with Crippen LogP contribution >= 0.6 is 0 Å². The highest BCUT2D eigenvalue weighted by Crippen LogP contribution is 2.36. The minimum absolute atomic E-state index is 0.0578. The number of hydrogen-bond acceptors (Lipinski definition) is 3. The molecule has 0 aromatic heterocycles. The predicted molar refractivity (Wildman–Crippen MR) is 77.4 cm³/mol. The zero-order valence-electron chi connectivity index (χ0n) is 11.8. The summed E-state index contributed by atoms with van der Waals surface area (Å²) in [6, 6.07) is 5.04. The third-order valence-corrected chi connectivity index (χ3v) is 4.67. The van der Waals surface area contributed by atoms with Crippen molar-refractivity contribution in [1.29, 1.82) is 0 Å². The van der Waals surface area contributed by atoms with Crippen LogP contribution in [0.2, 0.25) is 0 Å². The Bertz CT molecular complexity index is 568. The Morgan fingerprint density at radius 1 is 1.15 bits per heavy atom. The molecule has 20 heavy (non-hydrogen) atoms. The molecule has 1 aromatic rings. The molecule has 0 radical (unpaired) electrons. The Labute approximate surface area is 118 Å². The summed E-state index contributed by atoms with van der Waals surface area (Å²) in [7, 11) is 0. The van der Waals surface area contributed by atoms with Gasteiger partial charge >= 0.3 is 0 Å². The first kappa shape index (κ1) is 13.2. The number of nitrogens with zero attached hydrogens (tertiary/aromatic N) is 1. The van der Waals surface area contributed by atoms with Crippen LogP contribution in [0.1, 0.15) is 59.7 Å². The minimum atomic E-state index is -0.164. The summed E-state index contributed by atoms with van der Waals surface area (Å²) in [5, 5.41) is 0. The average molecular weight is 272 g/mol. The van der Waals surface area contributed by atoms with Gasteiger partial charge in [0.1, 0.15) is 0 Å². The molecule has 2 N–H and O–H groups in total. The molecule has 4 heteroatoms. The molecule has 1 aliphatic carbocycles. The molecule has 2 atom stereocenters. The molecule has 1 heterocycles. The fourth-order valence-electron chi connectivity index (χ4n) is 3.58. The fourth-order valence-corrected chi connectivity index (χ4v) is 3.58. The summed E-state index contributed by atoms with van der Waals surface area (Å²) in [4.78, 5) is 26.6. The number of fused-ring (bicyclic) bond motifs is 1. The molecule has 1 fully saturated rings. The molecule has 0 bridgehead atoms. The van der Waals surface area contributed by atoms with Gasteiger partial charge in [-0.1, -0.05) is 26.2 Å². The lowest BCUT2D eigenvalue weighted by Crippen LogP contribution is -2.45. The number of nitrogens with two attached hydrogens (primary N) is 1. The number of rotatable bonds is 2. The summed E-state index contributed by atoms with van der Waals surface area (Å²) >= 11 is 0. The molecule has 106 valence electrons. The lowest BCUT2D eigenvalue weighted by Gasteiger charge is -2.36. The van der Waals surface area contributed by atoms with E-state index in [1.165, 1.54) is 11.3 Å². The molecule has 0 spiro atoms. The lowest BCUT2D eigenvalue weighted by atomic mass is 9.82. The van der Waals surface area contributed by atoms with E-state index in [-0.39, 0.29) is 17.9 Å². The summed E-state index contributed by atoms with van der Waals surface area (Å²) in [6.45, 7) is 2.14. The van der Waals surface area contributed by atoms with E-state index in [1.807, 2.05) is 0 Å². The second-order valence-electron chi connectivity index (χ2n) is 5.81. The van der Waals surface area contributed by atoms with Gasteiger partial charge in [0.05, 0.1) is 11.1 Å². The van der Waals surface area contributed by atoms with Crippen molar-refractivity contribution in [3.05, 3.63) is 29.3 Å². The quantitative estimate of drug-likeness (QED) is 0.665. The van der Waals surface area contributed by atoms with Crippen molar-refractivity contribution in [2.45, 2.75) is 45.1 Å². The molecule has 2 aliphatic rings. The van der Waals surface area contributed by atoms with Crippen molar-refractivity contribution in [2.75, 3.05) is 5.73 Å². The van der Waals surface area contributed by atoms with E-state index in [2.05, 4.69) is 6.92 Å². The van der Waals surface area contributed by atoms with Crippen molar-refractivity contribution in [2.24, 2.45) is 5.92 Å². The maximum absolute atomic E-state index is 12.6. The maximum Gasteiger partial charge on any atom is 0.261 e. The van der Waals surface area contributed by atoms with Crippen LogP contribution in [0.25, 0.3) is 0 Å². The number of anilines is 1. The molecular weight excluding hydrogens is 252 g/mol. The first-order valence-electron chi connectivity index (χ1n) is 7.41. The molecule has 2 unspecified atom stereocenters. The Hall–Kier alpha value is -1.84. The zero-order valence-corrected chi connectivity index (χ0v) is 11.8. The van der Waals surface area contributed by atoms with Gasteiger partial charge in [0, 0.05) is 11.7 Å². The van der Waals surface area contributed by atoms with E-state index in [9.17, 15) is 9.59 Å². The lowest BCUT2D eigenvalue weighted by molar-refractivity contribution is 0.0468. The van der Waals surface area contributed by atoms with E-state index in [0.717, 1.165) is 25.7 Å². The molecule has 2 amide bonds. The second-order valence-corrected chi connectivity index (χ2v) is 5.81. The van der Waals surface area contributed by atoms with E-state index in [0.29, 0.717) is 22.7 Å². The third-order valence-electron chi connectivity index (χ3n) is 4.67. The number of carbonyl (C=O) groups is 2. The van der Waals surface area contributed by atoms with E-state index < -0.39 is 0 Å². The van der Waals surface area contributed by atoms with Crippen LogP contribution in [0.4, 0.5) is 5.69 Å². The summed E-state index contributed by atoms with van der Waals surface area (Å²) in [5.74, 6) is 0.126. The summed E-state index contributed by atoms with van der Waals surface area (Å²) in [6.07, 6.45) is 5.35. The smallest absolute Gasteiger partial charge is 0.261 e. The van der Waals surface area contributed by atoms with Crippen molar-refractivity contribution < 1.29 is 9.59 Å². The van der Waals surface area contributed by atoms with E-state index in [4.69, 9.17) is 5.73 Å². The zero-order chi connectivity index (χ0) is 14.3. The normalized spacial score (nSPS) is 25.9. The second kappa shape index (κ2) is 4.93. The van der Waals surface area contributed by atoms with Crippen LogP contribution in [0.5, 0.6) is 0 Å². The number of carbonyl (C=O) groups excluding carboxylic acids is 2. The van der Waals surface area contributed by atoms with Gasteiger partial charge in [-0.3, -0.25) is 14.5 Å². The van der Waals surface area contributed by atoms with Crippen LogP contribution < -0.4 is 5.73 Å². The minimum Gasteiger partial charge on any atom is -0.399 e.